The molecule has 0 spiro atoms. The van der Waals surface area contributed by atoms with Gasteiger partial charge in [0.1, 0.15) is 0 Å². The summed E-state index contributed by atoms with van der Waals surface area (Å²) in [6.07, 6.45) is -2.61. The molecule has 23 heavy (non-hydrogen) atoms. The summed E-state index contributed by atoms with van der Waals surface area (Å²) in [6, 6.07) is 2.87. The first kappa shape index (κ1) is 21.8. The molecular formula is C13H19Cl2F2N3O3. The van der Waals surface area contributed by atoms with Crippen LogP contribution in [0.3, 0.4) is 0 Å². The lowest BCUT2D eigenvalue weighted by Crippen LogP contribution is -2.46. The fraction of sp³-hybridized carbons (Fsp3) is 0.538. The van der Waals surface area contributed by atoms with Crippen molar-refractivity contribution in [2.75, 3.05) is 33.3 Å². The molecule has 1 aromatic carbocycles. The van der Waals surface area contributed by atoms with Crippen LogP contribution in [-0.4, -0.2) is 49.5 Å². The molecule has 2 rings (SSSR count). The van der Waals surface area contributed by atoms with Crippen LogP contribution in [0, 0.1) is 10.1 Å². The Bertz CT molecular complexity index is 517. The van der Waals surface area contributed by atoms with Crippen molar-refractivity contribution in [3.05, 3.63) is 33.9 Å². The van der Waals surface area contributed by atoms with Gasteiger partial charge in [0.05, 0.1) is 18.1 Å². The van der Waals surface area contributed by atoms with E-state index in [0.29, 0.717) is 26.2 Å². The highest BCUT2D eigenvalue weighted by Crippen LogP contribution is 2.34. The summed E-state index contributed by atoms with van der Waals surface area (Å²) in [4.78, 5) is 12.0. The van der Waals surface area contributed by atoms with Crippen LogP contribution < -0.4 is 10.1 Å². The van der Waals surface area contributed by atoms with Crippen LogP contribution in [0.5, 0.6) is 5.75 Å². The maximum Gasteiger partial charge on any atom is 0.311 e. The maximum absolute atomic E-state index is 13.4. The Morgan fingerprint density at radius 3 is 2.39 bits per heavy atom. The Morgan fingerprint density at radius 2 is 1.91 bits per heavy atom. The van der Waals surface area contributed by atoms with E-state index < -0.39 is 17.4 Å². The number of halogens is 4. The van der Waals surface area contributed by atoms with Crippen LogP contribution in [0.1, 0.15) is 11.6 Å². The number of benzene rings is 1. The van der Waals surface area contributed by atoms with Gasteiger partial charge in [0, 0.05) is 32.2 Å². The van der Waals surface area contributed by atoms with Crippen molar-refractivity contribution in [2.45, 2.75) is 12.5 Å². The van der Waals surface area contributed by atoms with Gasteiger partial charge in [0.15, 0.2) is 5.75 Å². The van der Waals surface area contributed by atoms with E-state index in [1.165, 1.54) is 25.3 Å². The lowest BCUT2D eigenvalue weighted by atomic mass is 10.0. The van der Waals surface area contributed by atoms with E-state index in [4.69, 9.17) is 4.74 Å². The molecule has 0 bridgehead atoms. The topological polar surface area (TPSA) is 67.6 Å². The zero-order valence-corrected chi connectivity index (χ0v) is 14.0. The Hall–Kier alpha value is -1.22. The highest BCUT2D eigenvalue weighted by molar-refractivity contribution is 5.85. The van der Waals surface area contributed by atoms with Crippen molar-refractivity contribution in [3.63, 3.8) is 0 Å². The van der Waals surface area contributed by atoms with Crippen molar-refractivity contribution in [1.29, 1.82) is 0 Å². The molecule has 1 atom stereocenters. The van der Waals surface area contributed by atoms with E-state index in [2.05, 4.69) is 5.32 Å². The third-order valence-electron chi connectivity index (χ3n) is 3.52. The third-order valence-corrected chi connectivity index (χ3v) is 3.52. The number of hydrogen-bond donors (Lipinski definition) is 1. The first-order valence-electron chi connectivity index (χ1n) is 6.60. The van der Waals surface area contributed by atoms with Crippen LogP contribution >= 0.6 is 24.8 Å². The van der Waals surface area contributed by atoms with Crippen LogP contribution in [-0.2, 0) is 0 Å². The van der Waals surface area contributed by atoms with E-state index in [1.807, 2.05) is 0 Å². The number of ether oxygens (including phenoxy) is 1. The smallest absolute Gasteiger partial charge is 0.311 e. The van der Waals surface area contributed by atoms with Gasteiger partial charge in [-0.3, -0.25) is 15.0 Å². The van der Waals surface area contributed by atoms with E-state index in [1.54, 1.807) is 4.90 Å². The molecule has 0 amide bonds. The molecule has 1 heterocycles. The first-order chi connectivity index (χ1) is 10.0. The second kappa shape index (κ2) is 9.82. The van der Waals surface area contributed by atoms with Gasteiger partial charge in [-0.15, -0.1) is 24.8 Å². The van der Waals surface area contributed by atoms with Crippen LogP contribution in [0.15, 0.2) is 18.2 Å². The number of nitrogens with one attached hydrogen (secondary N) is 1. The van der Waals surface area contributed by atoms with E-state index in [9.17, 15) is 18.9 Å². The Labute approximate surface area is 145 Å². The van der Waals surface area contributed by atoms with Crippen molar-refractivity contribution >= 4 is 30.5 Å². The Kier molecular flexibility index (Phi) is 9.29. The standard InChI is InChI=1S/C13H17F2N3O3.2ClH/c1-21-11-3-2-9(8-10(11)18(19)20)12(13(14)15)17-6-4-16-5-7-17;;/h2-3,8,12-13,16H,4-7H2,1H3;2*1H/t12-;;/m1../s1. The van der Waals surface area contributed by atoms with Crippen LogP contribution in [0.4, 0.5) is 14.5 Å². The minimum Gasteiger partial charge on any atom is -0.490 e. The van der Waals surface area contributed by atoms with Crippen molar-refractivity contribution in [3.8, 4) is 5.75 Å². The monoisotopic (exact) mass is 373 g/mol. The summed E-state index contributed by atoms with van der Waals surface area (Å²) in [5.74, 6) is 0.0667. The average Bonchev–Trinajstić information content (AvgIpc) is 2.48. The van der Waals surface area contributed by atoms with Gasteiger partial charge in [-0.1, -0.05) is 6.07 Å². The maximum atomic E-state index is 13.4. The summed E-state index contributed by atoms with van der Waals surface area (Å²) < 4.78 is 31.7. The summed E-state index contributed by atoms with van der Waals surface area (Å²) in [7, 11) is 1.31. The molecular weight excluding hydrogens is 355 g/mol. The number of nitro benzene ring substituents is 1. The molecule has 1 saturated heterocycles. The number of nitro groups is 1. The number of rotatable bonds is 5. The Morgan fingerprint density at radius 1 is 1.30 bits per heavy atom. The molecule has 1 aliphatic heterocycles. The van der Waals surface area contributed by atoms with Gasteiger partial charge >= 0.3 is 5.69 Å². The molecule has 0 aromatic heterocycles. The number of piperazine rings is 1. The zero-order valence-electron chi connectivity index (χ0n) is 12.4. The molecule has 0 radical (unpaired) electrons. The quantitative estimate of drug-likeness (QED) is 0.634. The zero-order chi connectivity index (χ0) is 15.4. The largest absolute Gasteiger partial charge is 0.490 e. The number of alkyl halides is 2. The predicted molar refractivity (Wildman–Crippen MR) is 87.3 cm³/mol. The summed E-state index contributed by atoms with van der Waals surface area (Å²) in [5, 5.41) is 14.1. The van der Waals surface area contributed by atoms with Crippen molar-refractivity contribution < 1.29 is 18.4 Å². The fourth-order valence-corrected chi connectivity index (χ4v) is 2.51. The van der Waals surface area contributed by atoms with Crippen molar-refractivity contribution in [1.82, 2.24) is 10.2 Å². The predicted octanol–water partition coefficient (Wildman–Crippen LogP) is 2.66. The summed E-state index contributed by atoms with van der Waals surface area (Å²) in [6.45, 7) is 2.21. The van der Waals surface area contributed by atoms with Crippen LogP contribution in [0.25, 0.3) is 0 Å². The number of hydrogen-bond acceptors (Lipinski definition) is 5. The molecule has 6 nitrogen and oxygen atoms in total. The van der Waals surface area contributed by atoms with E-state index >= 15 is 0 Å². The lowest BCUT2D eigenvalue weighted by molar-refractivity contribution is -0.385. The highest BCUT2D eigenvalue weighted by atomic mass is 35.5. The summed E-state index contributed by atoms with van der Waals surface area (Å²) in [5.41, 5.74) is -0.0600. The molecule has 0 unspecified atom stereocenters. The van der Waals surface area contributed by atoms with Gasteiger partial charge in [0.2, 0.25) is 0 Å². The molecule has 132 valence electrons. The number of nitrogens with zero attached hydrogens (tertiary/aromatic N) is 2. The third kappa shape index (κ3) is 5.13. The van der Waals surface area contributed by atoms with E-state index in [0.717, 1.165) is 0 Å². The van der Waals surface area contributed by atoms with Gasteiger partial charge in [0.25, 0.3) is 6.43 Å². The molecule has 1 fully saturated rings. The summed E-state index contributed by atoms with van der Waals surface area (Å²) >= 11 is 0. The van der Waals surface area contributed by atoms with Crippen LogP contribution in [0.2, 0.25) is 0 Å². The molecule has 1 N–H and O–H groups in total. The second-order valence-electron chi connectivity index (χ2n) is 4.75. The SMILES string of the molecule is COc1ccc([C@H](C(F)F)N2CCNCC2)cc1[N+](=O)[O-].Cl.Cl. The minimum absolute atomic E-state index is 0. The normalized spacial score (nSPS) is 16.2. The Balaban J connectivity index is 0.00000242. The molecule has 0 aliphatic carbocycles. The fourth-order valence-electron chi connectivity index (χ4n) is 2.51. The molecule has 1 aromatic rings. The first-order valence-corrected chi connectivity index (χ1v) is 6.60. The molecule has 10 heteroatoms. The molecule has 1 aliphatic rings. The van der Waals surface area contributed by atoms with Gasteiger partial charge in [-0.05, 0) is 11.6 Å². The average molecular weight is 374 g/mol. The van der Waals surface area contributed by atoms with Gasteiger partial charge in [-0.2, -0.15) is 0 Å². The molecule has 0 saturated carbocycles. The minimum atomic E-state index is -2.61. The van der Waals surface area contributed by atoms with Crippen molar-refractivity contribution in [2.24, 2.45) is 0 Å². The van der Waals surface area contributed by atoms with Gasteiger partial charge < -0.3 is 10.1 Å². The van der Waals surface area contributed by atoms with Gasteiger partial charge in [-0.25, -0.2) is 8.78 Å². The highest BCUT2D eigenvalue weighted by Gasteiger charge is 2.31. The van der Waals surface area contributed by atoms with E-state index in [-0.39, 0.29) is 41.8 Å². The number of methoxy groups -OCH3 is 1. The second-order valence-corrected chi connectivity index (χ2v) is 4.75. The lowest BCUT2D eigenvalue weighted by Gasteiger charge is -2.34.